The van der Waals surface area contributed by atoms with Crippen LogP contribution in [0.1, 0.15) is 21.5 Å². The van der Waals surface area contributed by atoms with Gasteiger partial charge in [-0.05, 0) is 34.5 Å². The monoisotopic (exact) mass is 387 g/mol. The molecule has 0 aromatic heterocycles. The number of hydrogen-bond donors (Lipinski definition) is 2. The van der Waals surface area contributed by atoms with Crippen molar-refractivity contribution >= 4 is 22.6 Å². The predicted octanol–water partition coefficient (Wildman–Crippen LogP) is 4.28. The number of amides is 1. The van der Waals surface area contributed by atoms with E-state index in [1.165, 1.54) is 6.07 Å². The number of benzene rings is 3. The topological polar surface area (TPSA) is 66.4 Å². The lowest BCUT2D eigenvalue weighted by Crippen LogP contribution is -2.42. The average molecular weight is 387 g/mol. The van der Waals surface area contributed by atoms with Gasteiger partial charge >= 0.3 is 12.1 Å². The van der Waals surface area contributed by atoms with Gasteiger partial charge in [-0.3, -0.25) is 4.79 Å². The predicted molar refractivity (Wildman–Crippen MR) is 98.0 cm³/mol. The molecule has 3 aromatic rings. The van der Waals surface area contributed by atoms with Crippen LogP contribution in [0.5, 0.6) is 0 Å². The van der Waals surface area contributed by atoms with E-state index in [-0.39, 0.29) is 12.0 Å². The smallest absolute Gasteiger partial charge is 0.416 e. The number of hydrogen-bond acceptors (Lipinski definition) is 2. The van der Waals surface area contributed by atoms with Crippen LogP contribution in [0.3, 0.4) is 0 Å². The van der Waals surface area contributed by atoms with Crippen LogP contribution in [-0.2, 0) is 17.4 Å². The van der Waals surface area contributed by atoms with E-state index < -0.39 is 29.7 Å². The summed E-state index contributed by atoms with van der Waals surface area (Å²) in [5.74, 6) is -2.15. The molecule has 3 rings (SSSR count). The van der Waals surface area contributed by atoms with Crippen molar-refractivity contribution in [2.75, 3.05) is 0 Å². The molecule has 144 valence electrons. The number of alkyl halides is 3. The van der Waals surface area contributed by atoms with E-state index in [0.717, 1.165) is 28.5 Å². The van der Waals surface area contributed by atoms with Crippen LogP contribution in [0.4, 0.5) is 13.2 Å². The number of halogens is 3. The molecule has 0 spiro atoms. The summed E-state index contributed by atoms with van der Waals surface area (Å²) in [5.41, 5.74) is -0.505. The summed E-state index contributed by atoms with van der Waals surface area (Å²) in [6, 6.07) is 15.4. The molecule has 2 N–H and O–H groups in total. The zero-order chi connectivity index (χ0) is 20.3. The van der Waals surface area contributed by atoms with E-state index in [1.54, 1.807) is 12.1 Å². The molecule has 0 unspecified atom stereocenters. The minimum absolute atomic E-state index is 0.00138. The van der Waals surface area contributed by atoms with Crippen molar-refractivity contribution in [2.24, 2.45) is 0 Å². The second kappa shape index (κ2) is 7.72. The van der Waals surface area contributed by atoms with Crippen molar-refractivity contribution in [1.82, 2.24) is 5.32 Å². The Labute approximate surface area is 158 Å². The first-order valence-electron chi connectivity index (χ1n) is 8.43. The lowest BCUT2D eigenvalue weighted by molar-refractivity contribution is -0.139. The van der Waals surface area contributed by atoms with Crippen LogP contribution in [0, 0.1) is 0 Å². The maximum absolute atomic E-state index is 12.8. The largest absolute Gasteiger partial charge is 0.480 e. The number of carboxylic acids is 1. The third-order valence-corrected chi connectivity index (χ3v) is 4.36. The molecule has 0 aliphatic rings. The highest BCUT2D eigenvalue weighted by Crippen LogP contribution is 2.29. The molecule has 0 bridgehead atoms. The van der Waals surface area contributed by atoms with E-state index in [1.807, 2.05) is 30.3 Å². The Hall–Kier alpha value is -3.35. The molecule has 3 aromatic carbocycles. The fourth-order valence-electron chi connectivity index (χ4n) is 2.97. The van der Waals surface area contributed by atoms with E-state index in [0.29, 0.717) is 6.07 Å². The molecule has 0 saturated carbocycles. The summed E-state index contributed by atoms with van der Waals surface area (Å²) >= 11 is 0. The third kappa shape index (κ3) is 4.31. The SMILES string of the molecule is O=C(N[C@@H](Cc1cccc2ccccc12)C(=O)O)c1cccc(C(F)(F)F)c1. The molecule has 0 fully saturated rings. The van der Waals surface area contributed by atoms with Crippen molar-refractivity contribution in [3.05, 3.63) is 83.4 Å². The Morgan fingerprint density at radius 3 is 2.36 bits per heavy atom. The highest BCUT2D eigenvalue weighted by Gasteiger charge is 2.31. The fourth-order valence-corrected chi connectivity index (χ4v) is 2.97. The molecule has 4 nitrogen and oxygen atoms in total. The molecule has 0 radical (unpaired) electrons. The van der Waals surface area contributed by atoms with Gasteiger partial charge in [-0.1, -0.05) is 48.5 Å². The normalized spacial score (nSPS) is 12.5. The van der Waals surface area contributed by atoms with Gasteiger partial charge in [0.25, 0.3) is 5.91 Å². The zero-order valence-corrected chi connectivity index (χ0v) is 14.5. The minimum Gasteiger partial charge on any atom is -0.480 e. The number of carboxylic acid groups (broad SMARTS) is 1. The van der Waals surface area contributed by atoms with Gasteiger partial charge in [0.1, 0.15) is 6.04 Å². The summed E-state index contributed by atoms with van der Waals surface area (Å²) in [5, 5.41) is 13.6. The van der Waals surface area contributed by atoms with Crippen molar-refractivity contribution in [1.29, 1.82) is 0 Å². The molecule has 7 heteroatoms. The van der Waals surface area contributed by atoms with Crippen LogP contribution in [0.2, 0.25) is 0 Å². The zero-order valence-electron chi connectivity index (χ0n) is 14.5. The summed E-state index contributed by atoms with van der Waals surface area (Å²) in [7, 11) is 0. The van der Waals surface area contributed by atoms with Crippen molar-refractivity contribution in [3.8, 4) is 0 Å². The van der Waals surface area contributed by atoms with Gasteiger partial charge in [0.15, 0.2) is 0 Å². The van der Waals surface area contributed by atoms with Gasteiger partial charge in [-0.25, -0.2) is 4.79 Å². The van der Waals surface area contributed by atoms with Crippen LogP contribution in [0.25, 0.3) is 10.8 Å². The van der Waals surface area contributed by atoms with Gasteiger partial charge in [-0.2, -0.15) is 13.2 Å². The summed E-state index contributed by atoms with van der Waals surface area (Å²) in [6.07, 6.45) is -4.59. The fraction of sp³-hybridized carbons (Fsp3) is 0.143. The van der Waals surface area contributed by atoms with Gasteiger partial charge in [0, 0.05) is 12.0 Å². The van der Waals surface area contributed by atoms with Gasteiger partial charge in [0.2, 0.25) is 0 Å². The Kier molecular flexibility index (Phi) is 5.35. The maximum Gasteiger partial charge on any atom is 0.416 e. The number of carbonyl (C=O) groups excluding carboxylic acids is 1. The van der Waals surface area contributed by atoms with Crippen LogP contribution in [0.15, 0.2) is 66.7 Å². The third-order valence-electron chi connectivity index (χ3n) is 4.36. The standard InChI is InChI=1S/C21H16F3NO3/c22-21(23,24)16-9-4-8-15(11-16)19(26)25-18(20(27)28)12-14-7-3-6-13-5-1-2-10-17(13)14/h1-11,18H,12H2,(H,25,26)(H,27,28)/t18-/m0/s1. The second-order valence-corrected chi connectivity index (χ2v) is 6.29. The molecule has 0 saturated heterocycles. The maximum atomic E-state index is 12.8. The summed E-state index contributed by atoms with van der Waals surface area (Å²) in [6.45, 7) is 0. The highest BCUT2D eigenvalue weighted by atomic mass is 19.4. The first kappa shape index (κ1) is 19.4. The highest BCUT2D eigenvalue weighted by molar-refractivity contribution is 5.97. The van der Waals surface area contributed by atoms with Crippen LogP contribution in [-0.4, -0.2) is 23.0 Å². The number of carbonyl (C=O) groups is 2. The molecular formula is C21H16F3NO3. The number of fused-ring (bicyclic) bond motifs is 1. The Morgan fingerprint density at radius 1 is 0.964 bits per heavy atom. The van der Waals surface area contributed by atoms with Gasteiger partial charge in [-0.15, -0.1) is 0 Å². The van der Waals surface area contributed by atoms with E-state index in [2.05, 4.69) is 5.32 Å². The number of rotatable bonds is 5. The summed E-state index contributed by atoms with van der Waals surface area (Å²) < 4.78 is 38.5. The molecule has 1 atom stereocenters. The average Bonchev–Trinajstić information content (AvgIpc) is 2.67. The Bertz CT molecular complexity index is 1030. The Balaban J connectivity index is 1.84. The van der Waals surface area contributed by atoms with Crippen molar-refractivity contribution < 1.29 is 27.9 Å². The number of nitrogens with one attached hydrogen (secondary N) is 1. The lowest BCUT2D eigenvalue weighted by Gasteiger charge is -2.16. The van der Waals surface area contributed by atoms with E-state index >= 15 is 0 Å². The van der Waals surface area contributed by atoms with Crippen LogP contribution < -0.4 is 5.32 Å². The summed E-state index contributed by atoms with van der Waals surface area (Å²) in [4.78, 5) is 24.0. The second-order valence-electron chi connectivity index (χ2n) is 6.29. The quantitative estimate of drug-likeness (QED) is 0.687. The van der Waals surface area contributed by atoms with Crippen LogP contribution >= 0.6 is 0 Å². The van der Waals surface area contributed by atoms with E-state index in [9.17, 15) is 27.9 Å². The molecule has 0 heterocycles. The molecule has 0 aliphatic carbocycles. The van der Waals surface area contributed by atoms with Gasteiger partial charge in [0.05, 0.1) is 5.56 Å². The number of aliphatic carboxylic acids is 1. The minimum atomic E-state index is -4.59. The molecule has 0 aliphatic heterocycles. The first-order valence-corrected chi connectivity index (χ1v) is 8.43. The van der Waals surface area contributed by atoms with Crippen molar-refractivity contribution in [3.63, 3.8) is 0 Å². The van der Waals surface area contributed by atoms with Crippen molar-refractivity contribution in [2.45, 2.75) is 18.6 Å². The molecule has 1 amide bonds. The molecular weight excluding hydrogens is 371 g/mol. The first-order chi connectivity index (χ1) is 13.3. The van der Waals surface area contributed by atoms with Gasteiger partial charge < -0.3 is 10.4 Å². The van der Waals surface area contributed by atoms with E-state index in [4.69, 9.17) is 0 Å². The molecule has 28 heavy (non-hydrogen) atoms. The Morgan fingerprint density at radius 2 is 1.64 bits per heavy atom. The lowest BCUT2D eigenvalue weighted by atomic mass is 9.98.